The average Bonchev–Trinajstić information content (AvgIpc) is 3.22. The standard InChI is InChI=1S/C18H14N4O3S/c23-12-5-6-15-16(7-12)26-18(21-15)22-17(24)10-25-20-9-11-8-19-14-4-2-1-3-13(11)14/h1-9,19,23H,10H2,(H,21,22,24)/b20-9+. The molecule has 130 valence electrons. The Balaban J connectivity index is 1.34. The van der Waals surface area contributed by atoms with Gasteiger partial charge in [-0.15, -0.1) is 0 Å². The number of para-hydroxylation sites is 1. The molecule has 0 bridgehead atoms. The van der Waals surface area contributed by atoms with Crippen LogP contribution < -0.4 is 5.32 Å². The van der Waals surface area contributed by atoms with Crippen LogP contribution in [0.3, 0.4) is 0 Å². The Hall–Kier alpha value is -3.39. The number of anilines is 1. The average molecular weight is 366 g/mol. The predicted molar refractivity (Wildman–Crippen MR) is 102 cm³/mol. The molecule has 0 spiro atoms. The van der Waals surface area contributed by atoms with Crippen molar-refractivity contribution in [3.05, 3.63) is 54.2 Å². The molecule has 2 heterocycles. The Kier molecular flexibility index (Phi) is 4.24. The summed E-state index contributed by atoms with van der Waals surface area (Å²) < 4.78 is 0.790. The smallest absolute Gasteiger partial charge is 0.266 e. The number of rotatable bonds is 5. The number of aromatic amines is 1. The van der Waals surface area contributed by atoms with Gasteiger partial charge in [-0.25, -0.2) is 4.98 Å². The van der Waals surface area contributed by atoms with Crippen LogP contribution in [0, 0.1) is 0 Å². The second kappa shape index (κ2) is 6.85. The molecule has 0 aliphatic carbocycles. The minimum atomic E-state index is -0.357. The molecular formula is C18H14N4O3S. The lowest BCUT2D eigenvalue weighted by Crippen LogP contribution is -2.16. The van der Waals surface area contributed by atoms with E-state index in [4.69, 9.17) is 4.84 Å². The van der Waals surface area contributed by atoms with E-state index in [9.17, 15) is 9.90 Å². The number of aromatic nitrogens is 2. The third-order valence-corrected chi connectivity index (χ3v) is 4.64. The van der Waals surface area contributed by atoms with Gasteiger partial charge in [-0.3, -0.25) is 10.1 Å². The number of thiazole rings is 1. The van der Waals surface area contributed by atoms with Crippen LogP contribution in [0.1, 0.15) is 5.56 Å². The highest BCUT2D eigenvalue weighted by molar-refractivity contribution is 7.22. The monoisotopic (exact) mass is 366 g/mol. The fourth-order valence-electron chi connectivity index (χ4n) is 2.51. The molecule has 7 nitrogen and oxygen atoms in total. The summed E-state index contributed by atoms with van der Waals surface area (Å²) >= 11 is 1.28. The van der Waals surface area contributed by atoms with Gasteiger partial charge in [0.1, 0.15) is 5.75 Å². The Bertz CT molecular complexity index is 1120. The van der Waals surface area contributed by atoms with Crippen LogP contribution in [0.5, 0.6) is 5.75 Å². The SMILES string of the molecule is O=C(CO/N=C/c1c[nH]c2ccccc12)Nc1nc2ccc(O)cc2s1. The summed E-state index contributed by atoms with van der Waals surface area (Å²) in [5, 5.41) is 17.4. The van der Waals surface area contributed by atoms with Gasteiger partial charge in [0.05, 0.1) is 16.4 Å². The molecule has 3 N–H and O–H groups in total. The minimum absolute atomic E-state index is 0.161. The number of phenols is 1. The molecule has 2 aromatic heterocycles. The van der Waals surface area contributed by atoms with Crippen LogP contribution in [0.2, 0.25) is 0 Å². The number of carbonyl (C=O) groups is 1. The van der Waals surface area contributed by atoms with Gasteiger partial charge in [-0.2, -0.15) is 0 Å². The molecule has 0 aliphatic heterocycles. The lowest BCUT2D eigenvalue weighted by molar-refractivity contribution is -0.120. The van der Waals surface area contributed by atoms with Crippen LogP contribution in [0.25, 0.3) is 21.1 Å². The third kappa shape index (κ3) is 3.35. The second-order valence-corrected chi connectivity index (χ2v) is 6.55. The zero-order chi connectivity index (χ0) is 17.9. The summed E-state index contributed by atoms with van der Waals surface area (Å²) in [5.41, 5.74) is 2.60. The summed E-state index contributed by atoms with van der Waals surface area (Å²) in [4.78, 5) is 24.4. The molecule has 1 amide bonds. The summed E-state index contributed by atoms with van der Waals surface area (Å²) in [5.74, 6) is -0.196. The number of aromatic hydroxyl groups is 1. The third-order valence-electron chi connectivity index (χ3n) is 3.70. The van der Waals surface area contributed by atoms with Crippen LogP contribution in [-0.2, 0) is 9.63 Å². The van der Waals surface area contributed by atoms with Gasteiger partial charge in [0.15, 0.2) is 11.7 Å². The summed E-state index contributed by atoms with van der Waals surface area (Å²) in [6.45, 7) is -0.222. The van der Waals surface area contributed by atoms with Gasteiger partial charge in [-0.1, -0.05) is 34.7 Å². The number of hydrogen-bond donors (Lipinski definition) is 3. The minimum Gasteiger partial charge on any atom is -0.508 e. The van der Waals surface area contributed by atoms with E-state index in [0.717, 1.165) is 21.2 Å². The van der Waals surface area contributed by atoms with Gasteiger partial charge in [0.25, 0.3) is 5.91 Å². The van der Waals surface area contributed by atoms with Crippen molar-refractivity contribution in [3.63, 3.8) is 0 Å². The zero-order valence-electron chi connectivity index (χ0n) is 13.5. The number of oxime groups is 1. The van der Waals surface area contributed by atoms with Gasteiger partial charge in [0.2, 0.25) is 0 Å². The van der Waals surface area contributed by atoms with E-state index >= 15 is 0 Å². The van der Waals surface area contributed by atoms with E-state index in [0.29, 0.717) is 10.6 Å². The van der Waals surface area contributed by atoms with E-state index in [2.05, 4.69) is 20.4 Å². The number of phenolic OH excluding ortho intramolecular Hbond substituents is 1. The Morgan fingerprint density at radius 1 is 1.35 bits per heavy atom. The highest BCUT2D eigenvalue weighted by Crippen LogP contribution is 2.28. The lowest BCUT2D eigenvalue weighted by Gasteiger charge is -1.99. The maximum atomic E-state index is 11.9. The zero-order valence-corrected chi connectivity index (χ0v) is 14.3. The van der Waals surface area contributed by atoms with Crippen molar-refractivity contribution in [2.24, 2.45) is 5.16 Å². The molecule has 26 heavy (non-hydrogen) atoms. The highest BCUT2D eigenvalue weighted by Gasteiger charge is 2.09. The molecule has 2 aromatic carbocycles. The fourth-order valence-corrected chi connectivity index (χ4v) is 3.43. The summed E-state index contributed by atoms with van der Waals surface area (Å²) in [6, 6.07) is 12.7. The van der Waals surface area contributed by atoms with Gasteiger partial charge < -0.3 is 14.9 Å². The van der Waals surface area contributed by atoms with Crippen molar-refractivity contribution in [1.82, 2.24) is 9.97 Å². The maximum Gasteiger partial charge on any atom is 0.266 e. The normalized spacial score (nSPS) is 11.4. The van der Waals surface area contributed by atoms with Crippen LogP contribution in [0.4, 0.5) is 5.13 Å². The van der Waals surface area contributed by atoms with E-state index in [1.807, 2.05) is 30.5 Å². The highest BCUT2D eigenvalue weighted by atomic mass is 32.1. The first kappa shape index (κ1) is 16.1. The molecule has 0 fully saturated rings. The van der Waals surface area contributed by atoms with E-state index in [1.165, 1.54) is 11.3 Å². The van der Waals surface area contributed by atoms with Crippen LogP contribution >= 0.6 is 11.3 Å². The molecule has 0 radical (unpaired) electrons. The molecule has 8 heteroatoms. The fraction of sp³-hybridized carbons (Fsp3) is 0.0556. The van der Waals surface area contributed by atoms with Crippen molar-refractivity contribution in [2.45, 2.75) is 0 Å². The number of fused-ring (bicyclic) bond motifs is 2. The number of amides is 1. The Morgan fingerprint density at radius 2 is 2.23 bits per heavy atom. The van der Waals surface area contributed by atoms with Crippen molar-refractivity contribution < 1.29 is 14.7 Å². The number of benzene rings is 2. The van der Waals surface area contributed by atoms with Gasteiger partial charge in [-0.05, 0) is 24.3 Å². The first-order valence-corrected chi connectivity index (χ1v) is 8.61. The molecular weight excluding hydrogens is 352 g/mol. The number of nitrogens with one attached hydrogen (secondary N) is 2. The summed E-state index contributed by atoms with van der Waals surface area (Å²) in [7, 11) is 0. The molecule has 0 saturated carbocycles. The number of H-pyrrole nitrogens is 1. The lowest BCUT2D eigenvalue weighted by atomic mass is 10.2. The van der Waals surface area contributed by atoms with Crippen molar-refractivity contribution >= 4 is 49.7 Å². The maximum absolute atomic E-state index is 11.9. The van der Waals surface area contributed by atoms with Crippen molar-refractivity contribution in [2.75, 3.05) is 11.9 Å². The quantitative estimate of drug-likeness (QED) is 0.372. The Morgan fingerprint density at radius 3 is 3.15 bits per heavy atom. The molecule has 0 saturated heterocycles. The number of hydrogen-bond acceptors (Lipinski definition) is 6. The number of carbonyl (C=O) groups excluding carboxylic acids is 1. The topological polar surface area (TPSA) is 99.6 Å². The molecule has 4 aromatic rings. The van der Waals surface area contributed by atoms with Crippen molar-refractivity contribution in [1.29, 1.82) is 0 Å². The van der Waals surface area contributed by atoms with Gasteiger partial charge in [0, 0.05) is 22.7 Å². The van der Waals surface area contributed by atoms with E-state index in [1.54, 1.807) is 24.4 Å². The molecule has 0 unspecified atom stereocenters. The second-order valence-electron chi connectivity index (χ2n) is 5.52. The van der Waals surface area contributed by atoms with E-state index < -0.39 is 0 Å². The van der Waals surface area contributed by atoms with Crippen LogP contribution in [-0.4, -0.2) is 33.8 Å². The number of nitrogens with zero attached hydrogens (tertiary/aromatic N) is 2. The van der Waals surface area contributed by atoms with Crippen LogP contribution in [0.15, 0.2) is 53.8 Å². The van der Waals surface area contributed by atoms with Gasteiger partial charge >= 0.3 is 0 Å². The predicted octanol–water partition coefficient (Wildman–Crippen LogP) is 3.47. The largest absolute Gasteiger partial charge is 0.508 e. The Labute approximate surface area is 151 Å². The van der Waals surface area contributed by atoms with Crippen molar-refractivity contribution in [3.8, 4) is 5.75 Å². The molecule has 0 aliphatic rings. The summed E-state index contributed by atoms with van der Waals surface area (Å²) in [6.07, 6.45) is 3.39. The molecule has 4 rings (SSSR count). The van der Waals surface area contributed by atoms with E-state index in [-0.39, 0.29) is 18.3 Å². The first-order valence-electron chi connectivity index (χ1n) is 7.80. The molecule has 0 atom stereocenters. The first-order chi connectivity index (χ1) is 12.7.